The molecule has 2 N–H and O–H groups in total. The van der Waals surface area contributed by atoms with Crippen LogP contribution in [0.5, 0.6) is 0 Å². The minimum Gasteiger partial charge on any atom is -0.445 e. The number of hydrogen-bond donors (Lipinski definition) is 2. The van der Waals surface area contributed by atoms with Gasteiger partial charge in [-0.3, -0.25) is 0 Å². The number of rotatable bonds is 6. The summed E-state index contributed by atoms with van der Waals surface area (Å²) in [6.07, 6.45) is 4.05. The number of carbonyl (C=O) groups excluding carboxylic acids is 1. The van der Waals surface area contributed by atoms with E-state index in [0.717, 1.165) is 12.0 Å². The van der Waals surface area contributed by atoms with Crippen LogP contribution in [0.1, 0.15) is 31.7 Å². The second-order valence-corrected chi connectivity index (χ2v) is 5.40. The predicted molar refractivity (Wildman–Crippen MR) is 74.3 cm³/mol. The summed E-state index contributed by atoms with van der Waals surface area (Å²) in [5.41, 5.74) is 0.367. The minimum atomic E-state index is -0.588. The van der Waals surface area contributed by atoms with Gasteiger partial charge in [-0.1, -0.05) is 43.2 Å². The van der Waals surface area contributed by atoms with Crippen molar-refractivity contribution < 1.29 is 9.53 Å². The Morgan fingerprint density at radius 2 is 2.16 bits per heavy atom. The van der Waals surface area contributed by atoms with Crippen LogP contribution in [0.2, 0.25) is 0 Å². The highest BCUT2D eigenvalue weighted by atomic mass is 16.5. The third kappa shape index (κ3) is 4.39. The Morgan fingerprint density at radius 3 is 2.74 bits per heavy atom. The molecule has 1 aromatic rings. The molecule has 4 nitrogen and oxygen atoms in total. The fourth-order valence-electron chi connectivity index (χ4n) is 2.06. The highest BCUT2D eigenvalue weighted by Gasteiger charge is 2.33. The van der Waals surface area contributed by atoms with Crippen molar-refractivity contribution in [1.29, 1.82) is 5.41 Å². The summed E-state index contributed by atoms with van der Waals surface area (Å²) in [4.78, 5) is 11.8. The van der Waals surface area contributed by atoms with E-state index in [9.17, 15) is 4.79 Å². The topological polar surface area (TPSA) is 62.2 Å². The lowest BCUT2D eigenvalue weighted by Crippen LogP contribution is -2.47. The van der Waals surface area contributed by atoms with Crippen LogP contribution in [0.3, 0.4) is 0 Å². The Balaban J connectivity index is 1.80. The summed E-state index contributed by atoms with van der Waals surface area (Å²) in [6, 6.07) is 9.56. The molecule has 1 aliphatic rings. The summed E-state index contributed by atoms with van der Waals surface area (Å²) >= 11 is 0. The van der Waals surface area contributed by atoms with E-state index in [2.05, 4.69) is 5.32 Å². The fraction of sp³-hybridized carbons (Fsp3) is 0.467. The number of ether oxygens (including phenoxy) is 1. The van der Waals surface area contributed by atoms with Gasteiger partial charge in [0.2, 0.25) is 0 Å². The Kier molecular flexibility index (Phi) is 4.20. The van der Waals surface area contributed by atoms with Crippen LogP contribution in [0.4, 0.5) is 4.79 Å². The van der Waals surface area contributed by atoms with Gasteiger partial charge in [-0.15, -0.1) is 0 Å². The molecule has 2 rings (SSSR count). The van der Waals surface area contributed by atoms with Crippen molar-refractivity contribution in [2.45, 2.75) is 38.3 Å². The smallest absolute Gasteiger partial charge is 0.408 e. The van der Waals surface area contributed by atoms with E-state index >= 15 is 0 Å². The monoisotopic (exact) mass is 260 g/mol. The average Bonchev–Trinajstić information content (AvgIpc) is 3.21. The molecule has 0 heterocycles. The van der Waals surface area contributed by atoms with Crippen LogP contribution in [0, 0.1) is 11.3 Å². The Morgan fingerprint density at radius 1 is 1.47 bits per heavy atom. The van der Waals surface area contributed by atoms with Gasteiger partial charge in [0.25, 0.3) is 0 Å². The van der Waals surface area contributed by atoms with Gasteiger partial charge in [-0.2, -0.15) is 0 Å². The summed E-state index contributed by atoms with van der Waals surface area (Å²) in [5.74, 6) is 0.640. The molecule has 1 saturated carbocycles. The molecule has 0 radical (unpaired) electrons. The zero-order chi connectivity index (χ0) is 13.7. The average molecular weight is 260 g/mol. The van der Waals surface area contributed by atoms with Crippen molar-refractivity contribution in [3.63, 3.8) is 0 Å². The normalized spacial score (nSPS) is 17.3. The molecule has 1 unspecified atom stereocenters. The van der Waals surface area contributed by atoms with Crippen molar-refractivity contribution in [2.75, 3.05) is 0 Å². The summed E-state index contributed by atoms with van der Waals surface area (Å²) < 4.78 is 5.17. The number of benzene rings is 1. The molecule has 4 heteroatoms. The maximum Gasteiger partial charge on any atom is 0.408 e. The molecule has 0 aliphatic heterocycles. The van der Waals surface area contributed by atoms with Gasteiger partial charge in [-0.25, -0.2) is 4.79 Å². The standard InChI is InChI=1S/C15H20N2O2/c1-15(11-16,9-12-7-8-12)17-14(18)19-10-13-5-3-2-4-6-13/h2-6,11-12,16H,7-10H2,1H3,(H,17,18). The lowest BCUT2D eigenvalue weighted by molar-refractivity contribution is 0.132. The zero-order valence-electron chi connectivity index (χ0n) is 11.2. The molecule has 1 atom stereocenters. The molecule has 0 aromatic heterocycles. The van der Waals surface area contributed by atoms with Crippen molar-refractivity contribution in [3.05, 3.63) is 35.9 Å². The molecule has 0 spiro atoms. The van der Waals surface area contributed by atoms with Gasteiger partial charge < -0.3 is 15.5 Å². The second-order valence-electron chi connectivity index (χ2n) is 5.40. The van der Waals surface area contributed by atoms with Crippen LogP contribution in [-0.4, -0.2) is 17.8 Å². The molecule has 0 saturated heterocycles. The molecule has 1 aromatic carbocycles. The second kappa shape index (κ2) is 5.87. The summed E-state index contributed by atoms with van der Waals surface area (Å²) in [7, 11) is 0. The van der Waals surface area contributed by atoms with Crippen molar-refractivity contribution in [2.24, 2.45) is 5.92 Å². The van der Waals surface area contributed by atoms with Crippen molar-refractivity contribution >= 4 is 12.3 Å². The van der Waals surface area contributed by atoms with E-state index in [4.69, 9.17) is 10.1 Å². The first kappa shape index (κ1) is 13.6. The maximum absolute atomic E-state index is 11.8. The highest BCUT2D eigenvalue weighted by Crippen LogP contribution is 2.36. The van der Waals surface area contributed by atoms with Gasteiger partial charge in [0.15, 0.2) is 0 Å². The first-order chi connectivity index (χ1) is 9.11. The van der Waals surface area contributed by atoms with Crippen LogP contribution >= 0.6 is 0 Å². The van der Waals surface area contributed by atoms with Gasteiger partial charge in [-0.05, 0) is 24.8 Å². The van der Waals surface area contributed by atoms with Gasteiger partial charge in [0, 0.05) is 6.21 Å². The lowest BCUT2D eigenvalue weighted by Gasteiger charge is -2.25. The molecule has 0 bridgehead atoms. The number of hydrogen-bond acceptors (Lipinski definition) is 3. The first-order valence-electron chi connectivity index (χ1n) is 6.62. The zero-order valence-corrected chi connectivity index (χ0v) is 11.2. The largest absolute Gasteiger partial charge is 0.445 e. The Labute approximate surface area is 113 Å². The van der Waals surface area contributed by atoms with E-state index in [1.807, 2.05) is 37.3 Å². The Bertz CT molecular complexity index is 443. The lowest BCUT2D eigenvalue weighted by atomic mass is 9.96. The van der Waals surface area contributed by atoms with Crippen molar-refractivity contribution in [1.82, 2.24) is 5.32 Å². The summed E-state index contributed by atoms with van der Waals surface area (Å²) in [6.45, 7) is 2.12. The van der Waals surface area contributed by atoms with Gasteiger partial charge >= 0.3 is 6.09 Å². The van der Waals surface area contributed by atoms with Crippen LogP contribution in [0.15, 0.2) is 30.3 Å². The molecule has 102 valence electrons. The van der Waals surface area contributed by atoms with Crippen LogP contribution in [0.25, 0.3) is 0 Å². The molecular formula is C15H20N2O2. The molecule has 1 amide bonds. The number of alkyl carbamates (subject to hydrolysis) is 1. The Hall–Kier alpha value is -1.84. The molecule has 19 heavy (non-hydrogen) atoms. The first-order valence-corrected chi connectivity index (χ1v) is 6.62. The van der Waals surface area contributed by atoms with E-state index < -0.39 is 11.6 Å². The maximum atomic E-state index is 11.8. The van der Waals surface area contributed by atoms with Crippen molar-refractivity contribution in [3.8, 4) is 0 Å². The third-order valence-electron chi connectivity index (χ3n) is 3.33. The summed E-state index contributed by atoms with van der Waals surface area (Å²) in [5, 5.41) is 10.3. The van der Waals surface area contributed by atoms with Gasteiger partial charge in [0.1, 0.15) is 6.61 Å². The predicted octanol–water partition coefficient (Wildman–Crippen LogP) is 3.12. The van der Waals surface area contributed by atoms with Gasteiger partial charge in [0.05, 0.1) is 5.54 Å². The molecular weight excluding hydrogens is 240 g/mol. The minimum absolute atomic E-state index is 0.254. The van der Waals surface area contributed by atoms with E-state index in [1.54, 1.807) is 0 Å². The molecule has 1 fully saturated rings. The van der Waals surface area contributed by atoms with E-state index in [0.29, 0.717) is 5.92 Å². The third-order valence-corrected chi connectivity index (χ3v) is 3.33. The van der Waals surface area contributed by atoms with E-state index in [1.165, 1.54) is 19.1 Å². The van der Waals surface area contributed by atoms with E-state index in [-0.39, 0.29) is 6.61 Å². The van der Waals surface area contributed by atoms with Crippen LogP contribution < -0.4 is 5.32 Å². The number of amides is 1. The molecule has 1 aliphatic carbocycles. The SMILES string of the molecule is CC(C=N)(CC1CC1)NC(=O)OCc1ccccc1. The fourth-order valence-corrected chi connectivity index (χ4v) is 2.06. The highest BCUT2D eigenvalue weighted by molar-refractivity contribution is 5.77. The number of carbonyl (C=O) groups is 1. The quantitative estimate of drug-likeness (QED) is 0.772. The van der Waals surface area contributed by atoms with Crippen LogP contribution in [-0.2, 0) is 11.3 Å². The number of nitrogens with one attached hydrogen (secondary N) is 2.